The minimum absolute atomic E-state index is 0.109. The summed E-state index contributed by atoms with van der Waals surface area (Å²) in [6.45, 7) is 1.81. The fourth-order valence-corrected chi connectivity index (χ4v) is 2.69. The van der Waals surface area contributed by atoms with Gasteiger partial charge in [-0.2, -0.15) is 13.9 Å². The average Bonchev–Trinajstić information content (AvgIpc) is 3.02. The van der Waals surface area contributed by atoms with Crippen LogP contribution >= 0.6 is 0 Å². The summed E-state index contributed by atoms with van der Waals surface area (Å²) in [6.07, 6.45) is 1.81. The molecule has 0 fully saturated rings. The van der Waals surface area contributed by atoms with Crippen LogP contribution in [0.4, 0.5) is 17.6 Å². The van der Waals surface area contributed by atoms with Gasteiger partial charge in [0.2, 0.25) is 11.6 Å². The molecule has 1 amide bonds. The lowest BCUT2D eigenvalue weighted by Crippen LogP contribution is -2.22. The van der Waals surface area contributed by atoms with E-state index in [2.05, 4.69) is 10.4 Å². The smallest absolute Gasteiger partial charge is 0.251 e. The maximum absolute atomic E-state index is 13.6. The van der Waals surface area contributed by atoms with E-state index in [9.17, 15) is 22.4 Å². The number of benzene rings is 2. The molecule has 3 rings (SSSR count). The number of carbonyl (C=O) groups is 1. The van der Waals surface area contributed by atoms with Crippen LogP contribution in [0.5, 0.6) is 5.75 Å². The normalized spacial score (nSPS) is 10.8. The predicted molar refractivity (Wildman–Crippen MR) is 96.2 cm³/mol. The van der Waals surface area contributed by atoms with Crippen molar-refractivity contribution in [1.82, 2.24) is 15.1 Å². The van der Waals surface area contributed by atoms with Crippen LogP contribution in [0.15, 0.2) is 36.5 Å². The molecule has 0 atom stereocenters. The van der Waals surface area contributed by atoms with Gasteiger partial charge >= 0.3 is 0 Å². The third kappa shape index (κ3) is 4.56. The molecule has 9 heteroatoms. The quantitative estimate of drug-likeness (QED) is 0.500. The zero-order valence-electron chi connectivity index (χ0n) is 15.6. The van der Waals surface area contributed by atoms with E-state index in [1.54, 1.807) is 11.7 Å². The summed E-state index contributed by atoms with van der Waals surface area (Å²) in [4.78, 5) is 12.2. The number of aromatic nitrogens is 2. The van der Waals surface area contributed by atoms with E-state index < -0.39 is 29.0 Å². The van der Waals surface area contributed by atoms with Gasteiger partial charge in [-0.15, -0.1) is 0 Å². The number of hydrogen-bond donors (Lipinski definition) is 1. The number of nitrogens with zero attached hydrogens (tertiary/aromatic N) is 2. The molecule has 0 saturated heterocycles. The summed E-state index contributed by atoms with van der Waals surface area (Å²) in [5.41, 5.74) is 2.52. The third-order valence-electron chi connectivity index (χ3n) is 4.23. The zero-order chi connectivity index (χ0) is 21.1. The number of rotatable bonds is 6. The molecule has 152 valence electrons. The summed E-state index contributed by atoms with van der Waals surface area (Å²) in [6, 6.07) is 6.13. The minimum Gasteiger partial charge on any atom is -0.483 e. The highest BCUT2D eigenvalue weighted by Gasteiger charge is 2.20. The molecule has 0 aliphatic rings. The summed E-state index contributed by atoms with van der Waals surface area (Å²) in [7, 11) is 1.79. The molecule has 1 aromatic heterocycles. The van der Waals surface area contributed by atoms with Crippen molar-refractivity contribution in [1.29, 1.82) is 0 Å². The molecule has 2 aromatic carbocycles. The lowest BCUT2D eigenvalue weighted by Gasteiger charge is -2.10. The van der Waals surface area contributed by atoms with E-state index in [4.69, 9.17) is 4.74 Å². The number of aryl methyl sites for hydroxylation is 2. The molecule has 0 unspecified atom stereocenters. The minimum atomic E-state index is -1.61. The molecule has 0 saturated carbocycles. The number of nitrogens with one attached hydrogen (secondary N) is 1. The molecule has 0 aliphatic carbocycles. The summed E-state index contributed by atoms with van der Waals surface area (Å²) in [5.74, 6) is -7.75. The highest BCUT2D eigenvalue weighted by atomic mass is 19.2. The van der Waals surface area contributed by atoms with Gasteiger partial charge in [-0.05, 0) is 24.6 Å². The molecule has 0 radical (unpaired) electrons. The summed E-state index contributed by atoms with van der Waals surface area (Å²) in [5, 5.41) is 6.96. The van der Waals surface area contributed by atoms with Gasteiger partial charge in [-0.3, -0.25) is 9.48 Å². The van der Waals surface area contributed by atoms with Crippen molar-refractivity contribution in [3.8, 4) is 5.75 Å². The van der Waals surface area contributed by atoms with Gasteiger partial charge in [-0.25, -0.2) is 8.78 Å². The van der Waals surface area contributed by atoms with Gasteiger partial charge < -0.3 is 10.1 Å². The molecule has 1 N–H and O–H groups in total. The van der Waals surface area contributed by atoms with Crippen molar-refractivity contribution in [3.05, 3.63) is 82.2 Å². The SMILES string of the molecule is Cc1nn(C)cc1CNC(=O)c1ccc(COc2c(F)c(F)cc(F)c2F)cc1. The first-order valence-electron chi connectivity index (χ1n) is 8.58. The highest BCUT2D eigenvalue weighted by Crippen LogP contribution is 2.27. The lowest BCUT2D eigenvalue weighted by atomic mass is 10.1. The second kappa shape index (κ2) is 8.34. The van der Waals surface area contributed by atoms with E-state index in [0.29, 0.717) is 17.7 Å². The third-order valence-corrected chi connectivity index (χ3v) is 4.23. The van der Waals surface area contributed by atoms with Crippen LogP contribution in [0, 0.1) is 30.2 Å². The van der Waals surface area contributed by atoms with Crippen molar-refractivity contribution >= 4 is 5.91 Å². The van der Waals surface area contributed by atoms with Gasteiger partial charge in [0.05, 0.1) is 5.69 Å². The Balaban J connectivity index is 1.62. The highest BCUT2D eigenvalue weighted by molar-refractivity contribution is 5.94. The standard InChI is InChI=1S/C20H17F4N3O2/c1-11-14(9-27(2)26-11)8-25-20(28)13-5-3-12(4-6-13)10-29-19-17(23)15(21)7-16(22)18(19)24/h3-7,9H,8,10H2,1-2H3,(H,25,28). The molecular weight excluding hydrogens is 390 g/mol. The van der Waals surface area contributed by atoms with E-state index in [1.807, 2.05) is 13.1 Å². The van der Waals surface area contributed by atoms with Gasteiger partial charge in [-0.1, -0.05) is 12.1 Å². The molecule has 1 heterocycles. The fraction of sp³-hybridized carbons (Fsp3) is 0.200. The first-order valence-corrected chi connectivity index (χ1v) is 8.58. The fourth-order valence-electron chi connectivity index (χ4n) is 2.69. The first kappa shape index (κ1) is 20.4. The second-order valence-electron chi connectivity index (χ2n) is 6.38. The number of ether oxygens (including phenoxy) is 1. The van der Waals surface area contributed by atoms with Crippen LogP contribution < -0.4 is 10.1 Å². The Kier molecular flexibility index (Phi) is 5.86. The van der Waals surface area contributed by atoms with Crippen LogP contribution in [0.1, 0.15) is 27.2 Å². The molecular formula is C20H17F4N3O2. The Bertz CT molecular complexity index is 1020. The number of amides is 1. The Labute approximate surface area is 163 Å². The van der Waals surface area contributed by atoms with Crippen molar-refractivity contribution in [2.45, 2.75) is 20.1 Å². The van der Waals surface area contributed by atoms with Crippen LogP contribution in [0.3, 0.4) is 0 Å². The number of hydrogen-bond acceptors (Lipinski definition) is 3. The van der Waals surface area contributed by atoms with Crippen molar-refractivity contribution in [3.63, 3.8) is 0 Å². The van der Waals surface area contributed by atoms with Crippen LogP contribution in [-0.4, -0.2) is 15.7 Å². The van der Waals surface area contributed by atoms with Crippen LogP contribution in [0.25, 0.3) is 0 Å². The van der Waals surface area contributed by atoms with E-state index in [-0.39, 0.29) is 18.6 Å². The molecule has 0 spiro atoms. The first-order chi connectivity index (χ1) is 13.8. The van der Waals surface area contributed by atoms with Crippen LogP contribution in [-0.2, 0) is 20.2 Å². The Morgan fingerprint density at radius 1 is 1.10 bits per heavy atom. The van der Waals surface area contributed by atoms with Crippen molar-refractivity contribution < 1.29 is 27.1 Å². The molecule has 0 aliphatic heterocycles. The zero-order valence-corrected chi connectivity index (χ0v) is 15.6. The molecule has 0 bridgehead atoms. The number of halogens is 4. The Morgan fingerprint density at radius 2 is 1.72 bits per heavy atom. The molecule has 5 nitrogen and oxygen atoms in total. The topological polar surface area (TPSA) is 56.2 Å². The van der Waals surface area contributed by atoms with Crippen molar-refractivity contribution in [2.75, 3.05) is 0 Å². The Hall–Kier alpha value is -3.36. The molecule has 29 heavy (non-hydrogen) atoms. The van der Waals surface area contributed by atoms with Gasteiger partial charge in [0.25, 0.3) is 5.91 Å². The average molecular weight is 407 g/mol. The predicted octanol–water partition coefficient (Wildman–Crippen LogP) is 3.79. The largest absolute Gasteiger partial charge is 0.483 e. The maximum Gasteiger partial charge on any atom is 0.251 e. The van der Waals surface area contributed by atoms with Gasteiger partial charge in [0, 0.05) is 37.0 Å². The lowest BCUT2D eigenvalue weighted by molar-refractivity contribution is 0.0951. The van der Waals surface area contributed by atoms with E-state index in [0.717, 1.165) is 11.3 Å². The number of carbonyl (C=O) groups excluding carboxylic acids is 1. The monoisotopic (exact) mass is 407 g/mol. The van der Waals surface area contributed by atoms with Gasteiger partial charge in [0.1, 0.15) is 6.61 Å². The van der Waals surface area contributed by atoms with Gasteiger partial charge in [0.15, 0.2) is 17.4 Å². The van der Waals surface area contributed by atoms with E-state index >= 15 is 0 Å². The summed E-state index contributed by atoms with van der Waals surface area (Å²) < 4.78 is 60.2. The van der Waals surface area contributed by atoms with E-state index in [1.165, 1.54) is 24.3 Å². The van der Waals surface area contributed by atoms with Crippen LogP contribution in [0.2, 0.25) is 0 Å². The Morgan fingerprint density at radius 3 is 2.28 bits per heavy atom. The second-order valence-corrected chi connectivity index (χ2v) is 6.38. The summed E-state index contributed by atoms with van der Waals surface area (Å²) >= 11 is 0. The molecule has 3 aromatic rings. The maximum atomic E-state index is 13.6. The van der Waals surface area contributed by atoms with Crippen molar-refractivity contribution in [2.24, 2.45) is 7.05 Å².